The fourth-order valence-corrected chi connectivity index (χ4v) is 4.04. The number of hydrogen-bond donors (Lipinski definition) is 0. The summed E-state index contributed by atoms with van der Waals surface area (Å²) in [7, 11) is 0. The molecular formula is C19H17N3OS. The third kappa shape index (κ3) is 2.71. The Labute approximate surface area is 145 Å². The molecule has 0 spiro atoms. The molecule has 1 aliphatic heterocycles. The molecule has 1 aromatic heterocycles. The van der Waals surface area contributed by atoms with Gasteiger partial charge in [0.25, 0.3) is 0 Å². The highest BCUT2D eigenvalue weighted by Crippen LogP contribution is 2.48. The summed E-state index contributed by atoms with van der Waals surface area (Å²) in [6.07, 6.45) is 5.78. The Balaban J connectivity index is 1.69. The van der Waals surface area contributed by atoms with Crippen LogP contribution < -0.4 is 4.90 Å². The minimum absolute atomic E-state index is 0.0987. The Bertz CT molecular complexity index is 889. The number of carbonyl (C=O) groups is 1. The molecule has 0 unspecified atom stereocenters. The number of imidazole rings is 1. The van der Waals surface area contributed by atoms with Crippen LogP contribution in [0, 0.1) is 6.92 Å². The first-order valence-corrected chi connectivity index (χ1v) is 8.70. The smallest absolute Gasteiger partial charge is 0.233 e. The maximum absolute atomic E-state index is 13.0. The van der Waals surface area contributed by atoms with Crippen LogP contribution in [0.25, 0.3) is 0 Å². The van der Waals surface area contributed by atoms with Crippen molar-refractivity contribution in [2.45, 2.75) is 29.7 Å². The quantitative estimate of drug-likeness (QED) is 0.711. The number of nitrogens with zero attached hydrogens (tertiary/aromatic N) is 3. The van der Waals surface area contributed by atoms with Gasteiger partial charge < -0.3 is 4.57 Å². The van der Waals surface area contributed by atoms with E-state index in [1.165, 1.54) is 5.56 Å². The van der Waals surface area contributed by atoms with Gasteiger partial charge in [-0.1, -0.05) is 30.0 Å². The molecule has 0 bridgehead atoms. The molecule has 1 aliphatic rings. The summed E-state index contributed by atoms with van der Waals surface area (Å²) < 4.78 is 1.93. The first-order chi connectivity index (χ1) is 11.7. The van der Waals surface area contributed by atoms with Crippen molar-refractivity contribution in [2.75, 3.05) is 4.90 Å². The Kier molecular flexibility index (Phi) is 3.86. The minimum Gasteiger partial charge on any atom is -0.337 e. The van der Waals surface area contributed by atoms with E-state index in [-0.39, 0.29) is 5.91 Å². The van der Waals surface area contributed by atoms with Crippen molar-refractivity contribution in [1.29, 1.82) is 0 Å². The van der Waals surface area contributed by atoms with Crippen LogP contribution in [0.5, 0.6) is 0 Å². The van der Waals surface area contributed by atoms with Gasteiger partial charge in [-0.25, -0.2) is 4.98 Å². The van der Waals surface area contributed by atoms with Gasteiger partial charge >= 0.3 is 0 Å². The molecule has 0 saturated heterocycles. The summed E-state index contributed by atoms with van der Waals surface area (Å²) in [4.78, 5) is 21.1. The lowest BCUT2D eigenvalue weighted by molar-refractivity contribution is -0.118. The van der Waals surface area contributed by atoms with E-state index in [4.69, 9.17) is 0 Å². The predicted octanol–water partition coefficient (Wildman–Crippen LogP) is 4.41. The zero-order valence-corrected chi connectivity index (χ0v) is 14.2. The van der Waals surface area contributed by atoms with Crippen molar-refractivity contribution in [3.8, 4) is 0 Å². The molecule has 2 heterocycles. The number of anilines is 2. The van der Waals surface area contributed by atoms with E-state index in [2.05, 4.69) is 30.1 Å². The molecule has 4 nitrogen and oxygen atoms in total. The lowest BCUT2D eigenvalue weighted by Gasteiger charge is -2.31. The molecule has 120 valence electrons. The summed E-state index contributed by atoms with van der Waals surface area (Å²) in [5.74, 6) is 0.0987. The highest BCUT2D eigenvalue weighted by atomic mass is 32.2. The highest BCUT2D eigenvalue weighted by Gasteiger charge is 2.27. The fraction of sp³-hybridized carbons (Fsp3) is 0.158. The van der Waals surface area contributed by atoms with Gasteiger partial charge in [-0.3, -0.25) is 9.69 Å². The Morgan fingerprint density at radius 1 is 1.12 bits per heavy atom. The Morgan fingerprint density at radius 3 is 2.79 bits per heavy atom. The van der Waals surface area contributed by atoms with Gasteiger partial charge in [0.15, 0.2) is 0 Å². The van der Waals surface area contributed by atoms with E-state index in [1.54, 1.807) is 24.3 Å². The maximum atomic E-state index is 13.0. The number of hydrogen-bond acceptors (Lipinski definition) is 3. The first-order valence-electron chi connectivity index (χ1n) is 7.88. The zero-order valence-electron chi connectivity index (χ0n) is 13.3. The van der Waals surface area contributed by atoms with Crippen LogP contribution in [-0.2, 0) is 11.3 Å². The monoisotopic (exact) mass is 335 g/mol. The van der Waals surface area contributed by atoms with E-state index in [9.17, 15) is 4.79 Å². The largest absolute Gasteiger partial charge is 0.337 e. The van der Waals surface area contributed by atoms with Gasteiger partial charge in [-0.05, 0) is 36.8 Å². The van der Waals surface area contributed by atoms with Crippen molar-refractivity contribution in [3.05, 3.63) is 66.7 Å². The third-order valence-corrected chi connectivity index (χ3v) is 5.19. The van der Waals surface area contributed by atoms with Gasteiger partial charge in [0.1, 0.15) is 0 Å². The van der Waals surface area contributed by atoms with E-state index in [0.717, 1.165) is 21.2 Å². The number of rotatable bonds is 3. The number of aryl methyl sites for hydroxylation is 2. The van der Waals surface area contributed by atoms with Crippen LogP contribution in [0.1, 0.15) is 12.0 Å². The predicted molar refractivity (Wildman–Crippen MR) is 95.7 cm³/mol. The number of carbonyl (C=O) groups excluding carboxylic acids is 1. The van der Waals surface area contributed by atoms with Gasteiger partial charge in [-0.15, -0.1) is 0 Å². The van der Waals surface area contributed by atoms with Crippen molar-refractivity contribution in [3.63, 3.8) is 0 Å². The molecule has 24 heavy (non-hydrogen) atoms. The van der Waals surface area contributed by atoms with Crippen LogP contribution in [-0.4, -0.2) is 15.5 Å². The summed E-state index contributed by atoms with van der Waals surface area (Å²) in [5.41, 5.74) is 3.14. The Hall–Kier alpha value is -2.53. The molecule has 3 aromatic rings. The molecule has 0 atom stereocenters. The molecule has 0 N–H and O–H groups in total. The number of aromatic nitrogens is 2. The molecule has 0 fully saturated rings. The molecule has 2 aromatic carbocycles. The first kappa shape index (κ1) is 15.0. The minimum atomic E-state index is 0.0987. The second-order valence-corrected chi connectivity index (χ2v) is 6.90. The van der Waals surface area contributed by atoms with Crippen LogP contribution in [0.4, 0.5) is 11.4 Å². The molecule has 0 radical (unpaired) electrons. The van der Waals surface area contributed by atoms with Gasteiger partial charge in [-0.2, -0.15) is 0 Å². The molecule has 5 heteroatoms. The summed E-state index contributed by atoms with van der Waals surface area (Å²) >= 11 is 1.72. The number of fused-ring (bicyclic) bond motifs is 2. The van der Waals surface area contributed by atoms with E-state index < -0.39 is 0 Å². The Morgan fingerprint density at radius 2 is 1.96 bits per heavy atom. The van der Waals surface area contributed by atoms with Crippen molar-refractivity contribution >= 4 is 29.0 Å². The van der Waals surface area contributed by atoms with Crippen LogP contribution in [0.2, 0.25) is 0 Å². The molecule has 0 saturated carbocycles. The van der Waals surface area contributed by atoms with E-state index in [1.807, 2.05) is 39.9 Å². The van der Waals surface area contributed by atoms with Crippen molar-refractivity contribution in [1.82, 2.24) is 9.55 Å². The van der Waals surface area contributed by atoms with Crippen molar-refractivity contribution in [2.24, 2.45) is 0 Å². The molecular weight excluding hydrogens is 318 g/mol. The second-order valence-electron chi connectivity index (χ2n) is 5.82. The standard InChI is InChI=1S/C19H17N3OS/c1-14-6-7-16-18(12-14)24-17-5-3-2-4-15(17)22(16)19(23)8-10-21-11-9-20-13-21/h2-7,9,11-13H,8,10H2,1H3. The van der Waals surface area contributed by atoms with Gasteiger partial charge in [0, 0.05) is 35.2 Å². The van der Waals surface area contributed by atoms with Crippen LogP contribution in [0.15, 0.2) is 71.0 Å². The SMILES string of the molecule is Cc1ccc2c(c1)Sc1ccccc1N2C(=O)CCn1ccnc1. The van der Waals surface area contributed by atoms with Gasteiger partial charge in [0.2, 0.25) is 5.91 Å². The molecule has 1 amide bonds. The maximum Gasteiger partial charge on any atom is 0.233 e. The normalized spacial score (nSPS) is 12.6. The lowest BCUT2D eigenvalue weighted by Crippen LogP contribution is -2.29. The third-order valence-electron chi connectivity index (χ3n) is 4.07. The van der Waals surface area contributed by atoms with Gasteiger partial charge in [0.05, 0.1) is 17.7 Å². The average molecular weight is 335 g/mol. The number of benzene rings is 2. The van der Waals surface area contributed by atoms with E-state index >= 15 is 0 Å². The summed E-state index contributed by atoms with van der Waals surface area (Å²) in [6, 6.07) is 14.3. The molecule has 4 rings (SSSR count). The lowest BCUT2D eigenvalue weighted by atomic mass is 10.1. The van der Waals surface area contributed by atoms with Crippen LogP contribution in [0.3, 0.4) is 0 Å². The van der Waals surface area contributed by atoms with E-state index in [0.29, 0.717) is 13.0 Å². The number of amides is 1. The summed E-state index contributed by atoms with van der Waals surface area (Å²) in [5, 5.41) is 0. The number of para-hydroxylation sites is 1. The fourth-order valence-electron chi connectivity index (χ4n) is 2.89. The second kappa shape index (κ2) is 6.17. The topological polar surface area (TPSA) is 38.1 Å². The molecule has 0 aliphatic carbocycles. The average Bonchev–Trinajstić information content (AvgIpc) is 3.11. The summed E-state index contributed by atoms with van der Waals surface area (Å²) in [6.45, 7) is 2.71. The van der Waals surface area contributed by atoms with Crippen molar-refractivity contribution < 1.29 is 4.79 Å². The zero-order chi connectivity index (χ0) is 16.5. The van der Waals surface area contributed by atoms with Crippen LogP contribution >= 0.6 is 11.8 Å². The highest BCUT2D eigenvalue weighted by molar-refractivity contribution is 7.99.